The van der Waals surface area contributed by atoms with Crippen LogP contribution in [0.15, 0.2) is 126 Å². The molecule has 0 saturated heterocycles. The maximum absolute atomic E-state index is 13.4. The van der Waals surface area contributed by atoms with Crippen LogP contribution in [0.5, 0.6) is 0 Å². The van der Waals surface area contributed by atoms with Crippen molar-refractivity contribution < 1.29 is 22.6 Å². The predicted octanol–water partition coefficient (Wildman–Crippen LogP) is 15.7. The van der Waals surface area contributed by atoms with Crippen LogP contribution in [0.3, 0.4) is 0 Å². The lowest BCUT2D eigenvalue weighted by atomic mass is 9.91. The van der Waals surface area contributed by atoms with Crippen molar-refractivity contribution in [1.82, 2.24) is 8.75 Å². The van der Waals surface area contributed by atoms with E-state index in [2.05, 4.69) is 65.6 Å². The molecular weight excluding hydrogens is 1040 g/mol. The third-order valence-electron chi connectivity index (χ3n) is 12.2. The summed E-state index contributed by atoms with van der Waals surface area (Å²) >= 11 is 2.56. The number of fused-ring (bicyclic) bond motifs is 5. The first kappa shape index (κ1) is 58.4. The summed E-state index contributed by atoms with van der Waals surface area (Å²) in [4.78, 5) is 35.5. The molecule has 0 fully saturated rings. The van der Waals surface area contributed by atoms with Gasteiger partial charge in [-0.1, -0.05) is 130 Å². The molecule has 1 unspecified atom stereocenters. The number of hydrogen-bond donors (Lipinski definition) is 0. The molecule has 390 valence electrons. The van der Waals surface area contributed by atoms with Gasteiger partial charge in [0.2, 0.25) is 0 Å². The minimum atomic E-state index is -2.65. The molecule has 0 saturated carbocycles. The summed E-state index contributed by atoms with van der Waals surface area (Å²) in [6.07, 6.45) is 5.25. The molecule has 0 bridgehead atoms. The molecule has 78 heavy (non-hydrogen) atoms. The molecule has 0 amide bonds. The molecular formula is C60H50F2N10O3S3. The molecule has 3 heterocycles. The summed E-state index contributed by atoms with van der Waals surface area (Å²) in [6.45, 7) is 41.5. The number of Topliss-reactive ketones (excluding diaryl/α,β-unsaturated/α-hetero) is 2. The van der Waals surface area contributed by atoms with E-state index in [1.165, 1.54) is 34.2 Å². The van der Waals surface area contributed by atoms with Crippen LogP contribution < -0.4 is 0 Å². The van der Waals surface area contributed by atoms with Gasteiger partial charge in [-0.15, -0.1) is 0 Å². The summed E-state index contributed by atoms with van der Waals surface area (Å²) < 4.78 is 57.7. The van der Waals surface area contributed by atoms with E-state index >= 15 is 0 Å². The topological polar surface area (TPSA) is 186 Å². The standard InChI is InChI=1S/C16H10F2N2O.C16H14N2OS.C16H12N2O.C12H14N4S2/c1-8(2)4-11-15(14(7-19)20-3)9-5-12(17)13(18)6-10(9)16(11)21;1-11(2)9-15-16(13(10-17)18-3)12-7-5-6-8-14(12)20(15,4)19;1-10(2)8-13-15(14(9-17)18-3)11-6-4-5-7-12(11)16(13)19;1-5(2)7-9-11(15-17-13-9)8(6(3)4)12-10(7)14-18-16-12/h4-6,8H,1-2H3;5-9,11H,4H2,1-2H3;4-8,10H,1-2H3;5-6H,1-4H3/b11-4-,15-14+;15-9-,16-13+;13-8-,15-14+;. The van der Waals surface area contributed by atoms with Crippen molar-refractivity contribution in [3.63, 3.8) is 0 Å². The zero-order valence-corrected chi connectivity index (χ0v) is 46.7. The summed E-state index contributed by atoms with van der Waals surface area (Å²) in [5.41, 5.74) is 9.75. The Hall–Kier alpha value is -8.88. The van der Waals surface area contributed by atoms with Crippen molar-refractivity contribution in [2.24, 2.45) is 26.5 Å². The molecule has 4 aliphatic rings. The quantitative estimate of drug-likeness (QED) is 0.0706. The number of halogens is 2. The highest BCUT2D eigenvalue weighted by Gasteiger charge is 2.36. The molecule has 1 atom stereocenters. The molecule has 1 aromatic heterocycles. The molecule has 2 aliphatic carbocycles. The van der Waals surface area contributed by atoms with Crippen molar-refractivity contribution >= 4 is 89.2 Å². The number of ketones is 2. The van der Waals surface area contributed by atoms with Crippen molar-refractivity contribution in [3.05, 3.63) is 197 Å². The number of hydrogen-bond acceptors (Lipinski definition) is 11. The van der Waals surface area contributed by atoms with E-state index < -0.39 is 26.9 Å². The van der Waals surface area contributed by atoms with Gasteiger partial charge in [0.05, 0.1) is 61.0 Å². The second-order valence-electron chi connectivity index (χ2n) is 19.5. The number of benzene rings is 4. The zero-order chi connectivity index (χ0) is 57.5. The number of allylic oxidation sites excluding steroid dienone is 11. The second-order valence-corrected chi connectivity index (χ2v) is 22.8. The van der Waals surface area contributed by atoms with Crippen molar-refractivity contribution in [2.45, 2.75) is 86.0 Å². The van der Waals surface area contributed by atoms with Crippen LogP contribution in [0.4, 0.5) is 20.2 Å². The highest BCUT2D eigenvalue weighted by Crippen LogP contribution is 2.49. The van der Waals surface area contributed by atoms with Crippen LogP contribution in [0.1, 0.15) is 130 Å². The van der Waals surface area contributed by atoms with Gasteiger partial charge in [-0.2, -0.15) is 17.5 Å². The molecule has 4 aromatic carbocycles. The van der Waals surface area contributed by atoms with Crippen LogP contribution in [0.2, 0.25) is 0 Å². The smallest absolute Gasteiger partial charge is 0.270 e. The van der Waals surface area contributed by atoms with Gasteiger partial charge < -0.3 is 0 Å². The average Bonchev–Trinajstić information content (AvgIpc) is 4.30. The lowest BCUT2D eigenvalue weighted by Crippen LogP contribution is -1.99. The summed E-state index contributed by atoms with van der Waals surface area (Å²) in [5, 5.41) is 27.3. The Labute approximate surface area is 461 Å². The third-order valence-corrected chi connectivity index (χ3v) is 15.3. The van der Waals surface area contributed by atoms with Crippen LogP contribution in [0.25, 0.3) is 42.3 Å². The summed E-state index contributed by atoms with van der Waals surface area (Å²) in [7, 11) is -2.65. The lowest BCUT2D eigenvalue weighted by molar-refractivity contribution is 0.103. The second kappa shape index (κ2) is 24.4. The highest BCUT2D eigenvalue weighted by atomic mass is 32.2. The average molecular weight is 1090 g/mol. The largest absolute Gasteiger partial charge is 0.289 e. The maximum atomic E-state index is 13.4. The third kappa shape index (κ3) is 11.3. The van der Waals surface area contributed by atoms with E-state index in [9.17, 15) is 27.8 Å². The van der Waals surface area contributed by atoms with E-state index in [1.54, 1.807) is 48.5 Å². The first-order valence-electron chi connectivity index (χ1n) is 24.3. The van der Waals surface area contributed by atoms with Crippen LogP contribution in [-0.4, -0.2) is 30.4 Å². The number of aromatic nitrogens is 2. The first-order valence-corrected chi connectivity index (χ1v) is 27.5. The molecule has 13 nitrogen and oxygen atoms in total. The fourth-order valence-electron chi connectivity index (χ4n) is 9.07. The predicted molar refractivity (Wildman–Crippen MR) is 305 cm³/mol. The SMILES string of the molecule is CC(C)c1c2c(c(C(C)C)c3nsnc13)N=S=N2.[C-]#[N+]/C(C#N)=C1/C(=C/C(C)C)C(=O)c2cc(F)c(F)cc21.[C-]#[N+]/C(C#N)=C1/C(=C/C(C)C)C(=O)c2ccccc21.[C-]#[N+]/C(C#N)=C1/C(=C/C(C)C)S(=C)(=O)c2ccccc21. The summed E-state index contributed by atoms with van der Waals surface area (Å²) in [5.74, 6) is 2.08. The molecule has 0 radical (unpaired) electrons. The first-order chi connectivity index (χ1) is 37.0. The van der Waals surface area contributed by atoms with Gasteiger partial charge in [-0.3, -0.25) is 13.8 Å². The van der Waals surface area contributed by atoms with Crippen LogP contribution in [0, 0.1) is 83.1 Å². The van der Waals surface area contributed by atoms with Gasteiger partial charge in [-0.05, 0) is 70.3 Å². The van der Waals surface area contributed by atoms with E-state index in [-0.39, 0.29) is 62.9 Å². The molecule has 9 rings (SSSR count). The monoisotopic (exact) mass is 1090 g/mol. The highest BCUT2D eigenvalue weighted by molar-refractivity contribution is 8.05. The number of carbonyl (C=O) groups is 2. The van der Waals surface area contributed by atoms with Crippen LogP contribution in [-0.2, 0) is 20.9 Å². The van der Waals surface area contributed by atoms with E-state index in [0.29, 0.717) is 55.0 Å². The van der Waals surface area contributed by atoms with Crippen molar-refractivity contribution in [2.75, 3.05) is 0 Å². The van der Waals surface area contributed by atoms with E-state index in [0.717, 1.165) is 34.5 Å². The summed E-state index contributed by atoms with van der Waals surface area (Å²) in [6, 6.07) is 21.4. The Morgan fingerprint density at radius 3 is 1.44 bits per heavy atom. The maximum Gasteiger partial charge on any atom is 0.270 e. The molecule has 0 spiro atoms. The molecule has 2 aliphatic heterocycles. The van der Waals surface area contributed by atoms with Gasteiger partial charge in [0.25, 0.3) is 17.1 Å². The van der Waals surface area contributed by atoms with Gasteiger partial charge >= 0.3 is 0 Å². The van der Waals surface area contributed by atoms with Gasteiger partial charge in [0.1, 0.15) is 22.4 Å². The Morgan fingerprint density at radius 1 is 0.603 bits per heavy atom. The fraction of sp³-hybridized carbons (Fsp3) is 0.250. The minimum Gasteiger partial charge on any atom is -0.289 e. The van der Waals surface area contributed by atoms with E-state index in [1.807, 2.05) is 78.0 Å². The van der Waals surface area contributed by atoms with Gasteiger partial charge in [0, 0.05) is 69.4 Å². The van der Waals surface area contributed by atoms with Crippen molar-refractivity contribution in [1.29, 1.82) is 15.8 Å². The normalized spacial score (nSPS) is 18.8. The van der Waals surface area contributed by atoms with Crippen molar-refractivity contribution in [3.8, 4) is 18.2 Å². The number of carbonyl (C=O) groups excluding carboxylic acids is 2. The lowest BCUT2D eigenvalue weighted by Gasteiger charge is -2.15. The number of rotatable bonds is 5. The number of nitrogens with zero attached hydrogens (tertiary/aromatic N) is 10. The Balaban J connectivity index is 0.000000168. The molecule has 18 heteroatoms. The van der Waals surface area contributed by atoms with Gasteiger partial charge in [0.15, 0.2) is 23.2 Å². The molecule has 5 aromatic rings. The minimum absolute atomic E-state index is 0.0198. The molecule has 0 N–H and O–H groups in total. The Bertz CT molecular complexity index is 3940. The number of nitriles is 3. The van der Waals surface area contributed by atoms with Crippen LogP contribution >= 0.6 is 11.7 Å². The fourth-order valence-corrected chi connectivity index (χ4v) is 12.3. The van der Waals surface area contributed by atoms with E-state index in [4.69, 9.17) is 30.2 Å². The van der Waals surface area contributed by atoms with Gasteiger partial charge in [-0.25, -0.2) is 39.1 Å². The Morgan fingerprint density at radius 2 is 1.00 bits per heavy atom. The Kier molecular flexibility index (Phi) is 18.3. The zero-order valence-electron chi connectivity index (χ0n) is 44.3.